The standard InChI is InChI=1S/C19H34O4/c1-17(2,3)12-22-15(20)19(7,14-10-8-9-11-14)16(21)23-13-18(4,5)6/h14H,8-13H2,1-7H3. The molecule has 4 heteroatoms. The predicted octanol–water partition coefficient (Wildman–Crippen LogP) is 4.36. The molecule has 4 nitrogen and oxygen atoms in total. The van der Waals surface area contributed by atoms with E-state index in [1.165, 1.54) is 0 Å². The van der Waals surface area contributed by atoms with Gasteiger partial charge < -0.3 is 9.47 Å². The van der Waals surface area contributed by atoms with Crippen molar-refractivity contribution in [3.63, 3.8) is 0 Å². The van der Waals surface area contributed by atoms with Crippen molar-refractivity contribution in [3.8, 4) is 0 Å². The van der Waals surface area contributed by atoms with E-state index in [4.69, 9.17) is 9.47 Å². The van der Waals surface area contributed by atoms with Crippen LogP contribution < -0.4 is 0 Å². The van der Waals surface area contributed by atoms with Crippen LogP contribution >= 0.6 is 0 Å². The molecule has 0 aromatic rings. The zero-order valence-corrected chi connectivity index (χ0v) is 16.0. The maximum Gasteiger partial charge on any atom is 0.323 e. The van der Waals surface area contributed by atoms with Gasteiger partial charge in [-0.25, -0.2) is 0 Å². The highest BCUT2D eigenvalue weighted by atomic mass is 16.6. The van der Waals surface area contributed by atoms with E-state index in [1.54, 1.807) is 6.92 Å². The Balaban J connectivity index is 2.88. The van der Waals surface area contributed by atoms with Crippen molar-refractivity contribution in [2.24, 2.45) is 22.2 Å². The summed E-state index contributed by atoms with van der Waals surface area (Å²) in [7, 11) is 0. The lowest BCUT2D eigenvalue weighted by molar-refractivity contribution is -0.178. The first kappa shape index (κ1) is 20.0. The molecule has 1 aliphatic rings. The summed E-state index contributed by atoms with van der Waals surface area (Å²) in [5.74, 6) is -0.848. The van der Waals surface area contributed by atoms with E-state index >= 15 is 0 Å². The van der Waals surface area contributed by atoms with Crippen molar-refractivity contribution in [2.75, 3.05) is 13.2 Å². The van der Waals surface area contributed by atoms with Crippen molar-refractivity contribution in [2.45, 2.75) is 74.1 Å². The summed E-state index contributed by atoms with van der Waals surface area (Å²) in [5.41, 5.74) is -1.43. The van der Waals surface area contributed by atoms with E-state index in [0.717, 1.165) is 25.7 Å². The highest BCUT2D eigenvalue weighted by Crippen LogP contribution is 2.42. The Bertz CT molecular complexity index is 390. The van der Waals surface area contributed by atoms with Crippen LogP contribution in [0.3, 0.4) is 0 Å². The summed E-state index contributed by atoms with van der Waals surface area (Å²) < 4.78 is 11.0. The van der Waals surface area contributed by atoms with Gasteiger partial charge in [0.25, 0.3) is 0 Å². The molecular formula is C19H34O4. The number of hydrogen-bond donors (Lipinski definition) is 0. The highest BCUT2D eigenvalue weighted by molar-refractivity contribution is 6.00. The van der Waals surface area contributed by atoms with Crippen molar-refractivity contribution in [1.82, 2.24) is 0 Å². The molecule has 0 amide bonds. The summed E-state index contributed by atoms with van der Waals surface area (Å²) >= 11 is 0. The molecule has 1 rings (SSSR count). The van der Waals surface area contributed by atoms with Crippen LogP contribution in [0, 0.1) is 22.2 Å². The molecule has 1 fully saturated rings. The summed E-state index contributed by atoms with van der Waals surface area (Å²) in [6, 6.07) is 0. The average molecular weight is 326 g/mol. The average Bonchev–Trinajstić information content (AvgIpc) is 2.93. The number of hydrogen-bond acceptors (Lipinski definition) is 4. The van der Waals surface area contributed by atoms with Gasteiger partial charge in [-0.2, -0.15) is 0 Å². The van der Waals surface area contributed by atoms with Crippen molar-refractivity contribution in [3.05, 3.63) is 0 Å². The third kappa shape index (κ3) is 5.82. The lowest BCUT2D eigenvalue weighted by atomic mass is 9.75. The van der Waals surface area contributed by atoms with E-state index in [2.05, 4.69) is 0 Å². The first-order valence-electron chi connectivity index (χ1n) is 8.71. The first-order valence-corrected chi connectivity index (χ1v) is 8.71. The fourth-order valence-electron chi connectivity index (χ4n) is 2.78. The fraction of sp³-hybridized carbons (Fsp3) is 0.895. The van der Waals surface area contributed by atoms with Gasteiger partial charge in [-0.3, -0.25) is 9.59 Å². The Hall–Kier alpha value is -1.06. The van der Waals surface area contributed by atoms with E-state index in [9.17, 15) is 9.59 Å². The Morgan fingerprint density at radius 3 is 1.43 bits per heavy atom. The Morgan fingerprint density at radius 2 is 1.13 bits per heavy atom. The summed E-state index contributed by atoms with van der Waals surface area (Å²) in [5, 5.41) is 0. The number of carbonyl (C=O) groups excluding carboxylic acids is 2. The van der Waals surface area contributed by atoms with Crippen molar-refractivity contribution >= 4 is 11.9 Å². The quantitative estimate of drug-likeness (QED) is 0.556. The second-order valence-electron chi connectivity index (χ2n) is 9.46. The molecule has 0 bridgehead atoms. The lowest BCUT2D eigenvalue weighted by Crippen LogP contribution is -2.46. The molecule has 0 aromatic heterocycles. The zero-order valence-electron chi connectivity index (χ0n) is 16.0. The van der Waals surface area contributed by atoms with Crippen LogP contribution in [0.2, 0.25) is 0 Å². The number of rotatable bonds is 5. The molecule has 0 aromatic carbocycles. The van der Waals surface area contributed by atoms with Gasteiger partial charge >= 0.3 is 11.9 Å². The largest absolute Gasteiger partial charge is 0.464 e. The first-order chi connectivity index (χ1) is 10.4. The molecule has 0 saturated heterocycles. The van der Waals surface area contributed by atoms with Crippen LogP contribution in [0.15, 0.2) is 0 Å². The van der Waals surface area contributed by atoms with E-state index in [1.807, 2.05) is 41.5 Å². The minimum Gasteiger partial charge on any atom is -0.464 e. The van der Waals surface area contributed by atoms with Gasteiger partial charge in [0.2, 0.25) is 0 Å². The monoisotopic (exact) mass is 326 g/mol. The molecule has 1 saturated carbocycles. The van der Waals surface area contributed by atoms with Gasteiger partial charge in [-0.15, -0.1) is 0 Å². The number of carbonyl (C=O) groups is 2. The number of esters is 2. The van der Waals surface area contributed by atoms with Crippen LogP contribution in [0.25, 0.3) is 0 Å². The van der Waals surface area contributed by atoms with E-state index in [0.29, 0.717) is 13.2 Å². The van der Waals surface area contributed by atoms with Crippen molar-refractivity contribution < 1.29 is 19.1 Å². The van der Waals surface area contributed by atoms with Crippen LogP contribution in [0.5, 0.6) is 0 Å². The Kier molecular flexibility index (Phi) is 6.28. The molecule has 0 N–H and O–H groups in total. The van der Waals surface area contributed by atoms with Crippen molar-refractivity contribution in [1.29, 1.82) is 0 Å². The topological polar surface area (TPSA) is 52.6 Å². The van der Waals surface area contributed by atoms with Crippen LogP contribution in [-0.4, -0.2) is 25.2 Å². The molecule has 1 aliphatic carbocycles. The second kappa shape index (κ2) is 7.23. The molecule has 0 radical (unpaired) electrons. The van der Waals surface area contributed by atoms with Gasteiger partial charge in [0.05, 0.1) is 13.2 Å². The molecule has 23 heavy (non-hydrogen) atoms. The molecule has 0 unspecified atom stereocenters. The van der Waals surface area contributed by atoms with Gasteiger partial charge in [-0.1, -0.05) is 54.4 Å². The van der Waals surface area contributed by atoms with Gasteiger partial charge in [0.15, 0.2) is 5.41 Å². The minimum absolute atomic E-state index is 0.0161. The van der Waals surface area contributed by atoms with Gasteiger partial charge in [0, 0.05) is 0 Å². The molecule has 0 atom stereocenters. The third-order valence-corrected chi connectivity index (χ3v) is 4.29. The Labute approximate surface area is 141 Å². The maximum atomic E-state index is 12.7. The second-order valence-corrected chi connectivity index (χ2v) is 9.46. The summed E-state index contributed by atoms with van der Waals surface area (Å²) in [6.07, 6.45) is 3.87. The van der Waals surface area contributed by atoms with Crippen LogP contribution in [-0.2, 0) is 19.1 Å². The SMILES string of the molecule is CC(C)(C)COC(=O)C(C)(C(=O)OCC(C)(C)C)C1CCCC1. The molecule has 0 heterocycles. The maximum absolute atomic E-state index is 12.7. The minimum atomic E-state index is -1.19. The number of ether oxygens (including phenoxy) is 2. The van der Waals surface area contributed by atoms with Crippen LogP contribution in [0.1, 0.15) is 74.1 Å². The summed E-state index contributed by atoms with van der Waals surface area (Å²) in [6.45, 7) is 14.4. The lowest BCUT2D eigenvalue weighted by Gasteiger charge is -2.33. The molecule has 0 spiro atoms. The fourth-order valence-corrected chi connectivity index (χ4v) is 2.78. The third-order valence-electron chi connectivity index (χ3n) is 4.29. The van der Waals surface area contributed by atoms with Gasteiger partial charge in [0.1, 0.15) is 0 Å². The smallest absolute Gasteiger partial charge is 0.323 e. The van der Waals surface area contributed by atoms with Gasteiger partial charge in [-0.05, 0) is 36.5 Å². The highest BCUT2D eigenvalue weighted by Gasteiger charge is 2.51. The zero-order chi connectivity index (χ0) is 17.9. The Morgan fingerprint density at radius 1 is 0.783 bits per heavy atom. The molecule has 134 valence electrons. The van der Waals surface area contributed by atoms with E-state index < -0.39 is 17.4 Å². The molecular weight excluding hydrogens is 292 g/mol. The van der Waals surface area contributed by atoms with E-state index in [-0.39, 0.29) is 16.7 Å². The normalized spacial score (nSPS) is 17.2. The van der Waals surface area contributed by atoms with Crippen LogP contribution in [0.4, 0.5) is 0 Å². The molecule has 0 aliphatic heterocycles. The predicted molar refractivity (Wildman–Crippen MR) is 90.9 cm³/mol. The summed E-state index contributed by atoms with van der Waals surface area (Å²) in [4.78, 5) is 25.5.